The van der Waals surface area contributed by atoms with Crippen LogP contribution in [0.4, 0.5) is 21.0 Å². The fourth-order valence-electron chi connectivity index (χ4n) is 6.16. The fourth-order valence-corrected chi connectivity index (χ4v) is 7.65. The minimum atomic E-state index is -4.15. The van der Waals surface area contributed by atoms with Crippen molar-refractivity contribution in [1.82, 2.24) is 14.7 Å². The lowest BCUT2D eigenvalue weighted by Crippen LogP contribution is -2.49. The summed E-state index contributed by atoms with van der Waals surface area (Å²) in [6.07, 6.45) is 3.68. The Hall–Kier alpha value is -3.81. The van der Waals surface area contributed by atoms with Crippen LogP contribution in [0.15, 0.2) is 35.5 Å². The number of ether oxygens (including phenoxy) is 2. The van der Waals surface area contributed by atoms with Crippen molar-refractivity contribution in [1.29, 1.82) is 0 Å². The summed E-state index contributed by atoms with van der Waals surface area (Å²) in [5.74, 6) is 0.442. The van der Waals surface area contributed by atoms with Gasteiger partial charge in [-0.05, 0) is 49.3 Å². The maximum absolute atomic E-state index is 13.8. The van der Waals surface area contributed by atoms with Gasteiger partial charge in [0.25, 0.3) is 15.9 Å². The second-order valence-electron chi connectivity index (χ2n) is 10.2. The Balaban J connectivity index is 1.39. The number of hydrogen-bond acceptors (Lipinski definition) is 8. The van der Waals surface area contributed by atoms with Crippen molar-refractivity contribution in [3.05, 3.63) is 30.6 Å². The quantitative estimate of drug-likeness (QED) is 0.575. The van der Waals surface area contributed by atoms with Gasteiger partial charge in [0.2, 0.25) is 0 Å². The van der Waals surface area contributed by atoms with Gasteiger partial charge in [-0.2, -0.15) is 5.10 Å². The van der Waals surface area contributed by atoms with Crippen molar-refractivity contribution < 1.29 is 37.4 Å². The molecule has 1 aromatic heterocycles. The van der Waals surface area contributed by atoms with E-state index in [0.29, 0.717) is 11.6 Å². The first-order chi connectivity index (χ1) is 18.1. The topological polar surface area (TPSA) is 152 Å². The summed E-state index contributed by atoms with van der Waals surface area (Å²) < 4.78 is 40.8. The number of sulfonamides is 1. The van der Waals surface area contributed by atoms with Gasteiger partial charge in [-0.15, -0.1) is 0 Å². The minimum Gasteiger partial charge on any atom is -0.484 e. The Morgan fingerprint density at radius 2 is 2.05 bits per heavy atom. The predicted octanol–water partition coefficient (Wildman–Crippen LogP) is 2.03. The number of hydrogen-bond donors (Lipinski definition) is 1. The number of fused-ring (bicyclic) bond motifs is 3. The third kappa shape index (κ3) is 4.03. The molecule has 3 heterocycles. The highest BCUT2D eigenvalue weighted by Gasteiger charge is 2.45. The van der Waals surface area contributed by atoms with Gasteiger partial charge in [0.15, 0.2) is 6.61 Å². The molecule has 4 atom stereocenters. The van der Waals surface area contributed by atoms with Crippen LogP contribution in [0.3, 0.4) is 0 Å². The number of aromatic nitrogens is 2. The minimum absolute atomic E-state index is 0.0585. The molecule has 2 unspecified atom stereocenters. The van der Waals surface area contributed by atoms with Crippen molar-refractivity contribution >= 4 is 39.5 Å². The summed E-state index contributed by atoms with van der Waals surface area (Å²) in [4.78, 5) is 38.7. The van der Waals surface area contributed by atoms with E-state index >= 15 is 0 Å². The number of carbonyl (C=O) groups excluding carboxylic acids is 2. The highest BCUT2D eigenvalue weighted by atomic mass is 32.2. The number of rotatable bonds is 6. The van der Waals surface area contributed by atoms with Gasteiger partial charge >= 0.3 is 12.2 Å². The van der Waals surface area contributed by atoms with E-state index in [1.807, 2.05) is 0 Å². The smallest absolute Gasteiger partial charge is 0.417 e. The molecule has 38 heavy (non-hydrogen) atoms. The molecule has 2 saturated carbocycles. The number of imide groups is 1. The zero-order valence-electron chi connectivity index (χ0n) is 20.6. The number of benzene rings is 1. The molecule has 14 heteroatoms. The van der Waals surface area contributed by atoms with Crippen LogP contribution in [-0.2, 0) is 26.6 Å². The fraction of sp³-hybridized carbons (Fsp3) is 0.500. The van der Waals surface area contributed by atoms with Crippen LogP contribution in [0.5, 0.6) is 5.75 Å². The molecule has 2 aromatic rings. The Labute approximate surface area is 218 Å². The highest BCUT2D eigenvalue weighted by molar-refractivity contribution is 7.92. The number of cyclic esters (lactones) is 1. The summed E-state index contributed by atoms with van der Waals surface area (Å²) in [6, 6.07) is 4.49. The zero-order chi connectivity index (χ0) is 26.8. The molecule has 6 rings (SSSR count). The second-order valence-corrected chi connectivity index (χ2v) is 12.1. The van der Waals surface area contributed by atoms with Gasteiger partial charge in [0.05, 0.1) is 25.0 Å². The molecular formula is C24H27N5O8S. The predicted molar refractivity (Wildman–Crippen MR) is 131 cm³/mol. The highest BCUT2D eigenvalue weighted by Crippen LogP contribution is 2.48. The van der Waals surface area contributed by atoms with Crippen LogP contribution in [-0.4, -0.2) is 78.1 Å². The van der Waals surface area contributed by atoms with Crippen molar-refractivity contribution in [2.75, 3.05) is 28.9 Å². The molecule has 3 amide bonds. The Morgan fingerprint density at radius 3 is 2.66 bits per heavy atom. The summed E-state index contributed by atoms with van der Waals surface area (Å²) in [5.41, 5.74) is 0.535. The Kier molecular flexibility index (Phi) is 5.74. The average Bonchev–Trinajstić information content (AvgIpc) is 3.67. The molecule has 2 aliphatic carbocycles. The third-order valence-electron chi connectivity index (χ3n) is 7.89. The molecule has 2 bridgehead atoms. The number of carboxylic acid groups (broad SMARTS) is 1. The summed E-state index contributed by atoms with van der Waals surface area (Å²) in [6.45, 7) is -0.798. The van der Waals surface area contributed by atoms with Crippen molar-refractivity contribution in [2.45, 2.75) is 42.7 Å². The first-order valence-electron chi connectivity index (χ1n) is 12.4. The molecule has 13 nitrogen and oxygen atoms in total. The van der Waals surface area contributed by atoms with Crippen LogP contribution in [0.25, 0.3) is 0 Å². The van der Waals surface area contributed by atoms with E-state index in [9.17, 15) is 27.9 Å². The normalized spacial score (nSPS) is 26.3. The Bertz CT molecular complexity index is 1410. The van der Waals surface area contributed by atoms with Crippen molar-refractivity contribution in [3.63, 3.8) is 0 Å². The van der Waals surface area contributed by atoms with E-state index in [1.54, 1.807) is 13.1 Å². The van der Waals surface area contributed by atoms with E-state index in [0.717, 1.165) is 34.9 Å². The van der Waals surface area contributed by atoms with Gasteiger partial charge in [0, 0.05) is 25.0 Å². The molecule has 202 valence electrons. The monoisotopic (exact) mass is 545 g/mol. The standard InChI is InChI=1S/C24H27N5O8S/c1-26-12-18(9-25-26)38(34,35)28-11-17(10-27-22(30)13-36-24(27)33)37-21-5-4-16(8-20(21)28)29(23(31)32)19-7-14-2-3-15(19)6-14/h4-5,8-9,12,14-15,17,19H,2-3,6-7,10-11,13H2,1H3,(H,31,32)/t14?,15?,17-,19-/m0/s1. The first-order valence-corrected chi connectivity index (χ1v) is 13.9. The van der Waals surface area contributed by atoms with Gasteiger partial charge in [-0.3, -0.25) is 18.7 Å². The average molecular weight is 546 g/mol. The summed E-state index contributed by atoms with van der Waals surface area (Å²) >= 11 is 0. The Morgan fingerprint density at radius 1 is 1.24 bits per heavy atom. The molecule has 1 saturated heterocycles. The number of anilines is 2. The third-order valence-corrected chi connectivity index (χ3v) is 9.62. The molecule has 0 spiro atoms. The zero-order valence-corrected chi connectivity index (χ0v) is 21.4. The van der Waals surface area contributed by atoms with Crippen LogP contribution >= 0.6 is 0 Å². The van der Waals surface area contributed by atoms with Crippen LogP contribution < -0.4 is 13.9 Å². The van der Waals surface area contributed by atoms with Gasteiger partial charge in [-0.1, -0.05) is 6.42 Å². The van der Waals surface area contributed by atoms with Gasteiger partial charge in [-0.25, -0.2) is 22.9 Å². The van der Waals surface area contributed by atoms with E-state index in [2.05, 4.69) is 5.10 Å². The van der Waals surface area contributed by atoms with Crippen LogP contribution in [0.2, 0.25) is 0 Å². The molecule has 1 aromatic carbocycles. The number of nitrogens with zero attached hydrogens (tertiary/aromatic N) is 5. The van der Waals surface area contributed by atoms with Crippen molar-refractivity contribution in [3.8, 4) is 5.75 Å². The number of aryl methyl sites for hydroxylation is 1. The van der Waals surface area contributed by atoms with Crippen molar-refractivity contribution in [2.24, 2.45) is 18.9 Å². The van der Waals surface area contributed by atoms with E-state index in [4.69, 9.17) is 9.47 Å². The number of amides is 3. The molecule has 0 radical (unpaired) electrons. The lowest BCUT2D eigenvalue weighted by atomic mass is 9.93. The van der Waals surface area contributed by atoms with Crippen LogP contribution in [0.1, 0.15) is 25.7 Å². The lowest BCUT2D eigenvalue weighted by Gasteiger charge is -2.37. The SMILES string of the molecule is Cn1cc(S(=O)(=O)N2C[C@H](CN3C(=O)COC3=O)Oc3ccc(N(C(=O)O)[C@H]4CC5CCC4C5)cc32)cn1. The molecule has 1 N–H and O–H groups in total. The van der Waals surface area contributed by atoms with E-state index in [-0.39, 0.29) is 48.0 Å². The summed E-state index contributed by atoms with van der Waals surface area (Å²) in [7, 11) is -2.56. The van der Waals surface area contributed by atoms with E-state index < -0.39 is 34.2 Å². The molecule has 4 aliphatic rings. The number of carbonyl (C=O) groups is 3. The second kappa shape index (κ2) is 8.89. The maximum atomic E-state index is 13.8. The maximum Gasteiger partial charge on any atom is 0.417 e. The molecule has 2 aliphatic heterocycles. The van der Waals surface area contributed by atoms with Crippen LogP contribution in [0, 0.1) is 11.8 Å². The van der Waals surface area contributed by atoms with Gasteiger partial charge < -0.3 is 14.6 Å². The van der Waals surface area contributed by atoms with E-state index in [1.165, 1.54) is 34.1 Å². The lowest BCUT2D eigenvalue weighted by molar-refractivity contribution is -0.126. The van der Waals surface area contributed by atoms with Gasteiger partial charge in [0.1, 0.15) is 16.7 Å². The molecule has 3 fully saturated rings. The summed E-state index contributed by atoms with van der Waals surface area (Å²) in [5, 5.41) is 14.1. The first kappa shape index (κ1) is 24.5. The molecular weight excluding hydrogens is 518 g/mol. The largest absolute Gasteiger partial charge is 0.484 e.